The molecule has 0 bridgehead atoms. The number of rotatable bonds is 6. The molecule has 0 spiro atoms. The van der Waals surface area contributed by atoms with Crippen molar-refractivity contribution in [3.8, 4) is 0 Å². The lowest BCUT2D eigenvalue weighted by molar-refractivity contribution is -0.122. The topological polar surface area (TPSA) is 111 Å². The highest BCUT2D eigenvalue weighted by Gasteiger charge is 2.07. The predicted octanol–water partition coefficient (Wildman–Crippen LogP) is 0.327. The number of carbonyl (C=O) groups excluding carboxylic acids is 1. The van der Waals surface area contributed by atoms with Crippen molar-refractivity contribution in [3.63, 3.8) is 0 Å². The Balaban J connectivity index is 1.93. The molecule has 2 rings (SSSR count). The molecule has 0 radical (unpaired) electrons. The van der Waals surface area contributed by atoms with E-state index in [2.05, 4.69) is 26.3 Å². The monoisotopic (exact) mass is 287 g/mol. The van der Waals surface area contributed by atoms with E-state index < -0.39 is 0 Å². The molecule has 0 saturated heterocycles. The lowest BCUT2D eigenvalue weighted by atomic mass is 10.1. The largest absolute Gasteiger partial charge is 0.365 e. The second-order valence-corrected chi connectivity index (χ2v) is 4.24. The summed E-state index contributed by atoms with van der Waals surface area (Å²) in [6.45, 7) is 1.96. The van der Waals surface area contributed by atoms with Crippen LogP contribution in [-0.4, -0.2) is 26.1 Å². The van der Waals surface area contributed by atoms with Gasteiger partial charge in [0.25, 0.3) is 11.9 Å². The number of anilines is 1. The van der Waals surface area contributed by atoms with E-state index in [9.17, 15) is 4.79 Å². The summed E-state index contributed by atoms with van der Waals surface area (Å²) in [6.07, 6.45) is 2.83. The molecule has 8 heteroatoms. The minimum absolute atomic E-state index is 0.0339. The molecule has 2 aromatic rings. The van der Waals surface area contributed by atoms with Gasteiger partial charge in [0, 0.05) is 0 Å². The molecule has 1 heterocycles. The number of aromatic nitrogens is 4. The van der Waals surface area contributed by atoms with E-state index in [1.807, 2.05) is 43.3 Å². The first kappa shape index (κ1) is 14.5. The molecule has 4 N–H and O–H groups in total. The van der Waals surface area contributed by atoms with Crippen LogP contribution in [0.2, 0.25) is 0 Å². The first-order valence-electron chi connectivity index (χ1n) is 6.52. The van der Waals surface area contributed by atoms with Gasteiger partial charge in [-0.05, 0) is 17.2 Å². The second kappa shape index (κ2) is 7.04. The summed E-state index contributed by atoms with van der Waals surface area (Å²) < 4.78 is 0. The van der Waals surface area contributed by atoms with Crippen LogP contribution in [0.3, 0.4) is 0 Å². The number of nitrogens with zero attached hydrogens (tertiary/aromatic N) is 4. The molecule has 0 atom stereocenters. The summed E-state index contributed by atoms with van der Waals surface area (Å²) in [5.74, 6) is -0.267. The fourth-order valence-corrected chi connectivity index (χ4v) is 1.69. The zero-order chi connectivity index (χ0) is 15.1. The Morgan fingerprint density at radius 2 is 2.10 bits per heavy atom. The summed E-state index contributed by atoms with van der Waals surface area (Å²) in [7, 11) is 0. The van der Waals surface area contributed by atoms with Crippen LogP contribution in [0, 0.1) is 0 Å². The average Bonchev–Trinajstić information content (AvgIpc) is 2.89. The SMILES string of the molecule is CC/C=C(\NNC(=O)Cn1nnc(N)n1)c1ccccc1. The van der Waals surface area contributed by atoms with Crippen molar-refractivity contribution in [2.45, 2.75) is 19.9 Å². The summed E-state index contributed by atoms with van der Waals surface area (Å²) in [5, 5.41) is 10.9. The zero-order valence-electron chi connectivity index (χ0n) is 11.7. The Morgan fingerprint density at radius 3 is 2.71 bits per heavy atom. The first-order chi connectivity index (χ1) is 10.2. The molecule has 0 aliphatic rings. The van der Waals surface area contributed by atoms with Crippen molar-refractivity contribution >= 4 is 17.6 Å². The smallest absolute Gasteiger partial charge is 0.261 e. The van der Waals surface area contributed by atoms with Crippen LogP contribution in [0.15, 0.2) is 36.4 Å². The van der Waals surface area contributed by atoms with Crippen LogP contribution in [0.1, 0.15) is 18.9 Å². The molecule has 1 amide bonds. The Bertz CT molecular complexity index is 620. The van der Waals surface area contributed by atoms with E-state index in [4.69, 9.17) is 5.73 Å². The van der Waals surface area contributed by atoms with Gasteiger partial charge in [0.05, 0.1) is 5.70 Å². The van der Waals surface area contributed by atoms with Crippen LogP contribution < -0.4 is 16.6 Å². The minimum atomic E-state index is -0.301. The Morgan fingerprint density at radius 1 is 1.33 bits per heavy atom. The number of tetrazole rings is 1. The number of hydrazine groups is 1. The number of benzene rings is 1. The maximum atomic E-state index is 11.8. The Labute approximate surface area is 122 Å². The standard InChI is InChI=1S/C13H17N7O/c1-2-6-11(10-7-4-3-5-8-10)15-16-12(21)9-20-18-13(14)17-19-20/h3-8,15H,2,9H2,1H3,(H2,14,18)(H,16,21)/b11-6-. The number of hydrogen-bond acceptors (Lipinski definition) is 6. The van der Waals surface area contributed by atoms with E-state index in [1.165, 1.54) is 0 Å². The minimum Gasteiger partial charge on any atom is -0.365 e. The van der Waals surface area contributed by atoms with Gasteiger partial charge in [0.15, 0.2) is 0 Å². The number of nitrogen functional groups attached to an aromatic ring is 1. The lowest BCUT2D eigenvalue weighted by Gasteiger charge is -2.12. The van der Waals surface area contributed by atoms with Crippen molar-refractivity contribution in [1.82, 2.24) is 31.1 Å². The van der Waals surface area contributed by atoms with Gasteiger partial charge < -0.3 is 5.73 Å². The Hall–Kier alpha value is -2.90. The molecule has 8 nitrogen and oxygen atoms in total. The predicted molar refractivity (Wildman–Crippen MR) is 78.2 cm³/mol. The number of nitrogens with one attached hydrogen (secondary N) is 2. The van der Waals surface area contributed by atoms with Gasteiger partial charge in [-0.3, -0.25) is 15.6 Å². The van der Waals surface area contributed by atoms with E-state index in [0.717, 1.165) is 22.5 Å². The molecule has 0 fully saturated rings. The van der Waals surface area contributed by atoms with Gasteiger partial charge in [-0.25, -0.2) is 0 Å². The fraction of sp³-hybridized carbons (Fsp3) is 0.231. The molecule has 0 aliphatic carbocycles. The van der Waals surface area contributed by atoms with Gasteiger partial charge in [0.2, 0.25) is 0 Å². The highest BCUT2D eigenvalue weighted by molar-refractivity contribution is 5.77. The van der Waals surface area contributed by atoms with Crippen LogP contribution in [0.4, 0.5) is 5.95 Å². The number of nitrogens with two attached hydrogens (primary N) is 1. The van der Waals surface area contributed by atoms with E-state index in [-0.39, 0.29) is 18.4 Å². The van der Waals surface area contributed by atoms with Crippen LogP contribution in [0.25, 0.3) is 5.70 Å². The number of carbonyl (C=O) groups is 1. The second-order valence-electron chi connectivity index (χ2n) is 4.24. The van der Waals surface area contributed by atoms with Crippen molar-refractivity contribution in [1.29, 1.82) is 0 Å². The van der Waals surface area contributed by atoms with Crippen molar-refractivity contribution in [3.05, 3.63) is 42.0 Å². The molecular weight excluding hydrogens is 270 g/mol. The molecule has 0 saturated carbocycles. The number of amides is 1. The third kappa shape index (κ3) is 4.30. The van der Waals surface area contributed by atoms with Gasteiger partial charge in [0.1, 0.15) is 6.54 Å². The number of hydrogen-bond donors (Lipinski definition) is 3. The lowest BCUT2D eigenvalue weighted by Crippen LogP contribution is -2.38. The van der Waals surface area contributed by atoms with Crippen LogP contribution in [0.5, 0.6) is 0 Å². The van der Waals surface area contributed by atoms with E-state index >= 15 is 0 Å². The highest BCUT2D eigenvalue weighted by atomic mass is 16.2. The van der Waals surface area contributed by atoms with Gasteiger partial charge in [-0.1, -0.05) is 48.4 Å². The van der Waals surface area contributed by atoms with Crippen molar-refractivity contribution in [2.24, 2.45) is 0 Å². The summed E-state index contributed by atoms with van der Waals surface area (Å²) in [6, 6.07) is 9.72. The summed E-state index contributed by atoms with van der Waals surface area (Å²) >= 11 is 0. The molecular formula is C13H17N7O. The molecule has 1 aromatic carbocycles. The van der Waals surface area contributed by atoms with Crippen LogP contribution >= 0.6 is 0 Å². The third-order valence-corrected chi connectivity index (χ3v) is 2.58. The van der Waals surface area contributed by atoms with Gasteiger partial charge in [-0.15, -0.1) is 5.10 Å². The molecule has 0 unspecified atom stereocenters. The summed E-state index contributed by atoms with van der Waals surface area (Å²) in [5.41, 5.74) is 12.7. The van der Waals surface area contributed by atoms with Crippen molar-refractivity contribution < 1.29 is 4.79 Å². The zero-order valence-corrected chi connectivity index (χ0v) is 11.7. The van der Waals surface area contributed by atoms with Gasteiger partial charge >= 0.3 is 0 Å². The fourth-order valence-electron chi connectivity index (χ4n) is 1.69. The van der Waals surface area contributed by atoms with Gasteiger partial charge in [-0.2, -0.15) is 4.80 Å². The Kier molecular flexibility index (Phi) is 4.86. The van der Waals surface area contributed by atoms with Crippen LogP contribution in [-0.2, 0) is 11.3 Å². The van der Waals surface area contributed by atoms with E-state index in [0.29, 0.717) is 0 Å². The molecule has 1 aromatic heterocycles. The first-order valence-corrected chi connectivity index (χ1v) is 6.52. The summed E-state index contributed by atoms with van der Waals surface area (Å²) in [4.78, 5) is 12.9. The molecule has 110 valence electrons. The molecule has 0 aliphatic heterocycles. The number of allylic oxidation sites excluding steroid dienone is 1. The quantitative estimate of drug-likeness (QED) is 0.660. The highest BCUT2D eigenvalue weighted by Crippen LogP contribution is 2.10. The molecule has 21 heavy (non-hydrogen) atoms. The third-order valence-electron chi connectivity index (χ3n) is 2.58. The van der Waals surface area contributed by atoms with E-state index in [1.54, 1.807) is 0 Å². The maximum absolute atomic E-state index is 11.8. The normalized spacial score (nSPS) is 11.2. The average molecular weight is 287 g/mol. The maximum Gasteiger partial charge on any atom is 0.261 e. The van der Waals surface area contributed by atoms with Crippen molar-refractivity contribution in [2.75, 3.05) is 5.73 Å².